The number of hydrogen-bond donors (Lipinski definition) is 0. The van der Waals surface area contributed by atoms with Crippen LogP contribution in [-0.2, 0) is 7.05 Å². The number of aryl methyl sites for hydroxylation is 2. The minimum Gasteiger partial charge on any atom is -0.333 e. The average Bonchev–Trinajstić information content (AvgIpc) is 2.96. The Balaban J connectivity index is 1.98. The second-order valence-corrected chi connectivity index (χ2v) is 5.02. The van der Waals surface area contributed by atoms with E-state index < -0.39 is 0 Å². The molecule has 0 radical (unpaired) electrons. The molecule has 17 heavy (non-hydrogen) atoms. The molecule has 0 spiro atoms. The maximum atomic E-state index is 5.24. The van der Waals surface area contributed by atoms with Crippen molar-refractivity contribution < 1.29 is 4.52 Å². The highest BCUT2D eigenvalue weighted by Gasteiger charge is 2.12. The third kappa shape index (κ3) is 1.87. The largest absolute Gasteiger partial charge is 0.333 e. The fourth-order valence-corrected chi connectivity index (χ4v) is 2.32. The lowest BCUT2D eigenvalue weighted by molar-refractivity contribution is 0.433. The number of rotatable bonds is 2. The zero-order chi connectivity index (χ0) is 11.8. The first-order valence-electron chi connectivity index (χ1n) is 5.12. The smallest absolute Gasteiger partial charge is 0.268 e. The highest BCUT2D eigenvalue weighted by molar-refractivity contribution is 7.15. The minimum atomic E-state index is 0.557. The van der Waals surface area contributed by atoms with Crippen LogP contribution in [0.25, 0.3) is 22.2 Å². The van der Waals surface area contributed by atoms with Crippen molar-refractivity contribution in [1.29, 1.82) is 0 Å². The summed E-state index contributed by atoms with van der Waals surface area (Å²) >= 11 is 1.64. The molecule has 6 heteroatoms. The summed E-state index contributed by atoms with van der Waals surface area (Å²) in [7, 11) is 1.85. The predicted octanol–water partition coefficient (Wildman–Crippen LogP) is 2.51. The average molecular weight is 246 g/mol. The normalized spacial score (nSPS) is 10.9. The standard InChI is InChI=1S/C11H10N4OS/c1-7-3-4-9(17-7)11-13-10(14-16-11)8-5-12-15(2)6-8/h3-6H,1-2H3. The molecule has 3 aromatic heterocycles. The molecule has 0 saturated heterocycles. The summed E-state index contributed by atoms with van der Waals surface area (Å²) in [5.74, 6) is 1.13. The SMILES string of the molecule is Cc1ccc(-c2nc(-c3cnn(C)c3)no2)s1. The molecule has 0 bridgehead atoms. The highest BCUT2D eigenvalue weighted by atomic mass is 32.1. The molecule has 5 nitrogen and oxygen atoms in total. The Hall–Kier alpha value is -1.95. The first-order valence-corrected chi connectivity index (χ1v) is 5.93. The van der Waals surface area contributed by atoms with Crippen LogP contribution in [0.1, 0.15) is 4.88 Å². The lowest BCUT2D eigenvalue weighted by Gasteiger charge is -1.84. The second-order valence-electron chi connectivity index (χ2n) is 3.74. The van der Waals surface area contributed by atoms with Gasteiger partial charge < -0.3 is 4.52 Å². The summed E-state index contributed by atoms with van der Waals surface area (Å²) in [6, 6.07) is 4.02. The molecule has 3 heterocycles. The zero-order valence-corrected chi connectivity index (χ0v) is 10.2. The quantitative estimate of drug-likeness (QED) is 0.697. The molecular formula is C11H10N4OS. The van der Waals surface area contributed by atoms with Crippen LogP contribution in [0, 0.1) is 6.92 Å². The number of thiophene rings is 1. The first-order chi connectivity index (χ1) is 8.22. The molecule has 0 saturated carbocycles. The number of nitrogens with zero attached hydrogens (tertiary/aromatic N) is 4. The van der Waals surface area contributed by atoms with Crippen LogP contribution in [-0.4, -0.2) is 19.9 Å². The van der Waals surface area contributed by atoms with Gasteiger partial charge in [0, 0.05) is 18.1 Å². The molecule has 3 aromatic rings. The molecular weight excluding hydrogens is 236 g/mol. The van der Waals surface area contributed by atoms with E-state index in [1.807, 2.05) is 32.3 Å². The first kappa shape index (κ1) is 10.2. The highest BCUT2D eigenvalue weighted by Crippen LogP contribution is 2.27. The topological polar surface area (TPSA) is 56.7 Å². The summed E-state index contributed by atoms with van der Waals surface area (Å²) < 4.78 is 6.95. The Bertz CT molecular complexity index is 597. The predicted molar refractivity (Wildman–Crippen MR) is 64.6 cm³/mol. The zero-order valence-electron chi connectivity index (χ0n) is 9.41. The molecule has 86 valence electrons. The summed E-state index contributed by atoms with van der Waals surface area (Å²) in [6.07, 6.45) is 3.57. The monoisotopic (exact) mass is 246 g/mol. The van der Waals surface area contributed by atoms with Crippen molar-refractivity contribution in [2.45, 2.75) is 6.92 Å². The molecule has 0 aliphatic rings. The molecule has 3 rings (SSSR count). The van der Waals surface area contributed by atoms with Gasteiger partial charge in [-0.25, -0.2) is 0 Å². The van der Waals surface area contributed by atoms with Crippen LogP contribution >= 0.6 is 11.3 Å². The summed E-state index contributed by atoms with van der Waals surface area (Å²) in [5.41, 5.74) is 0.857. The van der Waals surface area contributed by atoms with E-state index in [1.54, 1.807) is 22.2 Å². The van der Waals surface area contributed by atoms with Crippen molar-refractivity contribution in [2.75, 3.05) is 0 Å². The number of aromatic nitrogens is 4. The van der Waals surface area contributed by atoms with Crippen LogP contribution in [0.15, 0.2) is 29.0 Å². The molecule has 0 N–H and O–H groups in total. The molecule has 0 amide bonds. The van der Waals surface area contributed by atoms with Gasteiger partial charge in [-0.15, -0.1) is 11.3 Å². The van der Waals surface area contributed by atoms with Crippen molar-refractivity contribution in [3.8, 4) is 22.2 Å². The van der Waals surface area contributed by atoms with E-state index in [-0.39, 0.29) is 0 Å². The van der Waals surface area contributed by atoms with E-state index in [9.17, 15) is 0 Å². The Kier molecular flexibility index (Phi) is 2.29. The van der Waals surface area contributed by atoms with Gasteiger partial charge >= 0.3 is 0 Å². The third-order valence-electron chi connectivity index (χ3n) is 2.34. The fraction of sp³-hybridized carbons (Fsp3) is 0.182. The van der Waals surface area contributed by atoms with E-state index in [2.05, 4.69) is 15.2 Å². The fourth-order valence-electron chi connectivity index (χ4n) is 1.53. The van der Waals surface area contributed by atoms with Gasteiger partial charge in [-0.1, -0.05) is 5.16 Å². The van der Waals surface area contributed by atoms with Gasteiger partial charge in [0.25, 0.3) is 5.89 Å². The van der Waals surface area contributed by atoms with Crippen molar-refractivity contribution in [2.24, 2.45) is 7.05 Å². The van der Waals surface area contributed by atoms with E-state index in [0.29, 0.717) is 11.7 Å². The van der Waals surface area contributed by atoms with E-state index in [1.165, 1.54) is 4.88 Å². The minimum absolute atomic E-state index is 0.557. The van der Waals surface area contributed by atoms with Crippen molar-refractivity contribution >= 4 is 11.3 Å². The molecule has 0 fully saturated rings. The van der Waals surface area contributed by atoms with Gasteiger partial charge in [0.05, 0.1) is 16.6 Å². The van der Waals surface area contributed by atoms with Gasteiger partial charge in [0.1, 0.15) is 0 Å². The second kappa shape index (κ2) is 3.81. The van der Waals surface area contributed by atoms with E-state index in [4.69, 9.17) is 4.52 Å². The summed E-state index contributed by atoms with van der Waals surface area (Å²) in [4.78, 5) is 6.57. The Morgan fingerprint density at radius 1 is 1.35 bits per heavy atom. The van der Waals surface area contributed by atoms with E-state index in [0.717, 1.165) is 10.4 Å². The van der Waals surface area contributed by atoms with Crippen LogP contribution in [0.2, 0.25) is 0 Å². The molecule has 0 aliphatic heterocycles. The molecule has 0 aromatic carbocycles. The Morgan fingerprint density at radius 3 is 2.88 bits per heavy atom. The number of hydrogen-bond acceptors (Lipinski definition) is 5. The maximum Gasteiger partial charge on any atom is 0.268 e. The lowest BCUT2D eigenvalue weighted by atomic mass is 10.3. The van der Waals surface area contributed by atoms with Gasteiger partial charge in [0.15, 0.2) is 0 Å². The van der Waals surface area contributed by atoms with Crippen molar-refractivity contribution in [1.82, 2.24) is 19.9 Å². The summed E-state index contributed by atoms with van der Waals surface area (Å²) in [6.45, 7) is 2.05. The van der Waals surface area contributed by atoms with Gasteiger partial charge in [0.2, 0.25) is 5.82 Å². The van der Waals surface area contributed by atoms with Crippen LogP contribution in [0.5, 0.6) is 0 Å². The third-order valence-corrected chi connectivity index (χ3v) is 3.33. The van der Waals surface area contributed by atoms with Gasteiger partial charge in [-0.05, 0) is 19.1 Å². The van der Waals surface area contributed by atoms with Crippen LogP contribution in [0.3, 0.4) is 0 Å². The van der Waals surface area contributed by atoms with Crippen LogP contribution < -0.4 is 0 Å². The van der Waals surface area contributed by atoms with Gasteiger partial charge in [-0.2, -0.15) is 10.1 Å². The molecule has 0 aliphatic carbocycles. The van der Waals surface area contributed by atoms with Crippen molar-refractivity contribution in [3.05, 3.63) is 29.4 Å². The Morgan fingerprint density at radius 2 is 2.24 bits per heavy atom. The summed E-state index contributed by atoms with van der Waals surface area (Å²) in [5, 5.41) is 8.03. The Labute approximate surface area is 102 Å². The van der Waals surface area contributed by atoms with Crippen molar-refractivity contribution in [3.63, 3.8) is 0 Å². The lowest BCUT2D eigenvalue weighted by Crippen LogP contribution is -1.84. The molecule has 0 atom stereocenters. The van der Waals surface area contributed by atoms with E-state index >= 15 is 0 Å². The van der Waals surface area contributed by atoms with Gasteiger partial charge in [-0.3, -0.25) is 4.68 Å². The molecule has 0 unspecified atom stereocenters. The van der Waals surface area contributed by atoms with Crippen LogP contribution in [0.4, 0.5) is 0 Å². The maximum absolute atomic E-state index is 5.24.